The third-order valence-corrected chi connectivity index (χ3v) is 1.94. The van der Waals surface area contributed by atoms with Crippen LogP contribution >= 0.6 is 0 Å². The Balaban J connectivity index is 2.81. The Kier molecular flexibility index (Phi) is 3.94. The maximum atomic E-state index is 11.5. The van der Waals surface area contributed by atoms with Crippen LogP contribution in [0, 0.1) is 0 Å². The zero-order valence-electron chi connectivity index (χ0n) is 8.88. The van der Waals surface area contributed by atoms with E-state index in [0.29, 0.717) is 0 Å². The smallest absolute Gasteiger partial charge is 0.328 e. The molecule has 0 bridgehead atoms. The van der Waals surface area contributed by atoms with Gasteiger partial charge in [-0.2, -0.15) is 0 Å². The number of aliphatic hydroxyl groups excluding tert-OH is 1. The van der Waals surface area contributed by atoms with Crippen molar-refractivity contribution < 1.29 is 19.8 Å². The monoisotopic (exact) mass is 241 g/mol. The fraction of sp³-hybridized carbons (Fsp3) is 0.333. The van der Waals surface area contributed by atoms with E-state index in [4.69, 9.17) is 10.2 Å². The Morgan fingerprint density at radius 1 is 1.53 bits per heavy atom. The summed E-state index contributed by atoms with van der Waals surface area (Å²) < 4.78 is 0. The topological polar surface area (TPSA) is 132 Å². The number of hydrogen-bond donors (Lipinski definition) is 4. The van der Waals surface area contributed by atoms with Crippen LogP contribution in [-0.4, -0.2) is 44.2 Å². The van der Waals surface area contributed by atoms with Gasteiger partial charge in [0.15, 0.2) is 6.04 Å². The number of amides is 1. The summed E-state index contributed by atoms with van der Waals surface area (Å²) in [6, 6.07) is -1.43. The van der Waals surface area contributed by atoms with Crippen molar-refractivity contribution in [2.45, 2.75) is 19.1 Å². The van der Waals surface area contributed by atoms with E-state index < -0.39 is 29.6 Å². The van der Waals surface area contributed by atoms with Crippen LogP contribution in [0.4, 0.5) is 0 Å². The summed E-state index contributed by atoms with van der Waals surface area (Å²) >= 11 is 0. The number of nitrogens with zero attached hydrogens (tertiary/aromatic N) is 1. The van der Waals surface area contributed by atoms with Crippen LogP contribution in [0.5, 0.6) is 0 Å². The largest absolute Gasteiger partial charge is 0.480 e. The van der Waals surface area contributed by atoms with Gasteiger partial charge >= 0.3 is 5.97 Å². The standard InChI is InChI=1S/C9H11N3O5/c1-4(13)7(9(16)17)12-8(15)5-2-11-6(14)3-10-5/h2-4,7,13H,1H3,(H,11,14)(H,12,15)(H,16,17)/t4-,7+/m1/s1. The lowest BCUT2D eigenvalue weighted by Crippen LogP contribution is -2.47. The lowest BCUT2D eigenvalue weighted by atomic mass is 10.2. The maximum absolute atomic E-state index is 11.5. The number of rotatable bonds is 4. The normalized spacial score (nSPS) is 13.8. The first-order chi connectivity index (χ1) is 7.91. The number of aromatic amines is 1. The number of aromatic nitrogens is 2. The fourth-order valence-electron chi connectivity index (χ4n) is 1.07. The minimum absolute atomic E-state index is 0.142. The molecule has 1 amide bonds. The number of nitrogens with one attached hydrogen (secondary N) is 2. The molecule has 1 aromatic rings. The van der Waals surface area contributed by atoms with Crippen LogP contribution < -0.4 is 10.9 Å². The second-order valence-corrected chi connectivity index (χ2v) is 3.33. The van der Waals surface area contributed by atoms with E-state index in [1.165, 1.54) is 6.92 Å². The van der Waals surface area contributed by atoms with Gasteiger partial charge in [-0.1, -0.05) is 0 Å². The van der Waals surface area contributed by atoms with Gasteiger partial charge in [0.1, 0.15) is 5.69 Å². The quantitative estimate of drug-likeness (QED) is 0.498. The second-order valence-electron chi connectivity index (χ2n) is 3.33. The average Bonchev–Trinajstić information content (AvgIpc) is 2.25. The first-order valence-corrected chi connectivity index (χ1v) is 4.68. The van der Waals surface area contributed by atoms with Crippen LogP contribution in [-0.2, 0) is 4.79 Å². The van der Waals surface area contributed by atoms with Gasteiger partial charge in [-0.05, 0) is 6.92 Å². The summed E-state index contributed by atoms with van der Waals surface area (Å²) in [6.07, 6.45) is 0.699. The number of hydrogen-bond acceptors (Lipinski definition) is 5. The third-order valence-electron chi connectivity index (χ3n) is 1.94. The summed E-state index contributed by atoms with van der Waals surface area (Å²) in [7, 11) is 0. The van der Waals surface area contributed by atoms with Crippen molar-refractivity contribution in [3.05, 3.63) is 28.4 Å². The van der Waals surface area contributed by atoms with E-state index in [-0.39, 0.29) is 5.69 Å². The highest BCUT2D eigenvalue weighted by Gasteiger charge is 2.25. The lowest BCUT2D eigenvalue weighted by Gasteiger charge is -2.16. The van der Waals surface area contributed by atoms with Crippen LogP contribution in [0.15, 0.2) is 17.2 Å². The first-order valence-electron chi connectivity index (χ1n) is 4.68. The molecule has 0 aliphatic rings. The van der Waals surface area contributed by atoms with Crippen molar-refractivity contribution >= 4 is 11.9 Å². The van der Waals surface area contributed by atoms with Crippen molar-refractivity contribution in [1.29, 1.82) is 0 Å². The zero-order valence-corrected chi connectivity index (χ0v) is 8.88. The highest BCUT2D eigenvalue weighted by molar-refractivity contribution is 5.94. The average molecular weight is 241 g/mol. The van der Waals surface area contributed by atoms with Gasteiger partial charge in [-0.25, -0.2) is 9.78 Å². The summed E-state index contributed by atoms with van der Waals surface area (Å²) in [4.78, 5) is 38.7. The van der Waals surface area contributed by atoms with Crippen molar-refractivity contribution in [2.24, 2.45) is 0 Å². The molecule has 0 radical (unpaired) electrons. The number of carbonyl (C=O) groups excluding carboxylic acids is 1. The molecule has 1 aromatic heterocycles. The molecule has 92 valence electrons. The Labute approximate surface area is 95.3 Å². The molecular weight excluding hydrogens is 230 g/mol. The van der Waals surface area contributed by atoms with E-state index in [0.717, 1.165) is 12.4 Å². The van der Waals surface area contributed by atoms with E-state index in [1.54, 1.807) is 0 Å². The second kappa shape index (κ2) is 5.21. The predicted molar refractivity (Wildman–Crippen MR) is 55.4 cm³/mol. The molecule has 2 atom stereocenters. The van der Waals surface area contributed by atoms with Gasteiger partial charge in [0.2, 0.25) is 0 Å². The number of aliphatic carboxylic acids is 1. The highest BCUT2D eigenvalue weighted by atomic mass is 16.4. The summed E-state index contributed by atoms with van der Waals surface area (Å²) in [5.41, 5.74) is -0.622. The molecule has 0 saturated carbocycles. The minimum atomic E-state index is -1.43. The minimum Gasteiger partial charge on any atom is -0.480 e. The Hall–Kier alpha value is -2.22. The van der Waals surface area contributed by atoms with E-state index in [2.05, 4.69) is 15.3 Å². The predicted octanol–water partition coefficient (Wildman–Crippen LogP) is -1.67. The molecule has 0 spiro atoms. The van der Waals surface area contributed by atoms with E-state index in [9.17, 15) is 14.4 Å². The molecule has 8 nitrogen and oxygen atoms in total. The summed E-state index contributed by atoms with van der Waals surface area (Å²) in [5, 5.41) is 20.0. The number of H-pyrrole nitrogens is 1. The molecule has 0 aliphatic heterocycles. The Bertz CT molecular complexity index is 461. The highest BCUT2D eigenvalue weighted by Crippen LogP contribution is 1.96. The molecule has 0 aliphatic carbocycles. The van der Waals surface area contributed by atoms with Crippen molar-refractivity contribution in [3.8, 4) is 0 Å². The molecule has 0 fully saturated rings. The van der Waals surface area contributed by atoms with Gasteiger partial charge < -0.3 is 20.5 Å². The van der Waals surface area contributed by atoms with Crippen LogP contribution in [0.3, 0.4) is 0 Å². The van der Waals surface area contributed by atoms with Gasteiger partial charge in [0.25, 0.3) is 11.5 Å². The number of aliphatic hydroxyl groups is 1. The van der Waals surface area contributed by atoms with Gasteiger partial charge in [-0.15, -0.1) is 0 Å². The first kappa shape index (κ1) is 12.8. The van der Waals surface area contributed by atoms with E-state index in [1.807, 2.05) is 0 Å². The molecule has 0 aromatic carbocycles. The SMILES string of the molecule is C[C@@H](O)[C@H](NC(=O)c1c[nH]c(=O)cn1)C(=O)O. The summed E-state index contributed by atoms with van der Waals surface area (Å²) in [5.74, 6) is -2.16. The molecule has 17 heavy (non-hydrogen) atoms. The van der Waals surface area contributed by atoms with Gasteiger partial charge in [-0.3, -0.25) is 9.59 Å². The van der Waals surface area contributed by atoms with E-state index >= 15 is 0 Å². The zero-order chi connectivity index (χ0) is 13.0. The van der Waals surface area contributed by atoms with Crippen molar-refractivity contribution in [1.82, 2.24) is 15.3 Å². The molecule has 8 heteroatoms. The van der Waals surface area contributed by atoms with Crippen LogP contribution in [0.25, 0.3) is 0 Å². The number of carboxylic acid groups (broad SMARTS) is 1. The number of carbonyl (C=O) groups is 2. The van der Waals surface area contributed by atoms with Crippen molar-refractivity contribution in [3.63, 3.8) is 0 Å². The van der Waals surface area contributed by atoms with Crippen molar-refractivity contribution in [2.75, 3.05) is 0 Å². The fourth-order valence-corrected chi connectivity index (χ4v) is 1.07. The van der Waals surface area contributed by atoms with Gasteiger partial charge in [0, 0.05) is 6.20 Å². The maximum Gasteiger partial charge on any atom is 0.328 e. The molecule has 4 N–H and O–H groups in total. The lowest BCUT2D eigenvalue weighted by molar-refractivity contribution is -0.141. The van der Waals surface area contributed by atoms with Gasteiger partial charge in [0.05, 0.1) is 12.3 Å². The summed E-state index contributed by atoms with van der Waals surface area (Å²) in [6.45, 7) is 1.24. The Morgan fingerprint density at radius 3 is 2.59 bits per heavy atom. The molecule has 0 unspecified atom stereocenters. The van der Waals surface area contributed by atoms with Crippen LogP contribution in [0.2, 0.25) is 0 Å². The number of carboxylic acids is 1. The molecule has 1 heterocycles. The Morgan fingerprint density at radius 2 is 2.18 bits per heavy atom. The molecular formula is C9H11N3O5. The molecule has 0 saturated heterocycles. The third kappa shape index (κ3) is 3.38. The van der Waals surface area contributed by atoms with Crippen LogP contribution in [0.1, 0.15) is 17.4 Å². The molecule has 1 rings (SSSR count).